The molecule has 0 aliphatic carbocycles. The van der Waals surface area contributed by atoms with E-state index in [1.807, 2.05) is 17.0 Å². The normalized spacial score (nSPS) is 21.2. The number of hydrogen-bond donors (Lipinski definition) is 1. The van der Waals surface area contributed by atoms with Gasteiger partial charge in [0.1, 0.15) is 12.4 Å². The average Bonchev–Trinajstić information content (AvgIpc) is 3.24. The van der Waals surface area contributed by atoms with E-state index >= 15 is 0 Å². The number of nitrogens with zero attached hydrogens (tertiary/aromatic N) is 5. The van der Waals surface area contributed by atoms with Crippen LogP contribution in [0, 0.1) is 0 Å². The molecular formula is C30H26ClF3N6O3S. The number of pyridine rings is 3. The molecule has 4 aromatic rings. The van der Waals surface area contributed by atoms with Crippen molar-refractivity contribution in [3.05, 3.63) is 65.1 Å². The molecule has 3 atom stereocenters. The third kappa shape index (κ3) is 5.65. The SMILES string of the molecule is O=C(NCc1cc2nc(N3CCOc4cc(N5C[C@@H](F)[C@H](F)C5)cnc43)ccc2cn1)c1cc(Cl)c2c(c1)S[C@@H](F)CCO2. The standard InChI is InChI=1S/C30H26ClF3N6O3S/c31-20-7-17(8-25-28(20)43-5-3-26(34)44-25)30(41)37-12-18-9-23-16(11-35-18)1-2-27(38-23)40-4-6-42-24-10-19(13-36-29(24)40)39-14-21(32)22(33)15-39/h1-2,7-11,13,21-22,26H,3-6,12,14-15H2,(H,37,41)/t21-,22-,26-/m1/s1. The smallest absolute Gasteiger partial charge is 0.251 e. The Balaban J connectivity index is 1.08. The van der Waals surface area contributed by atoms with E-state index in [1.54, 1.807) is 35.5 Å². The number of rotatable bonds is 5. The Labute approximate surface area is 259 Å². The molecule has 6 heterocycles. The minimum absolute atomic E-state index is 0.0247. The van der Waals surface area contributed by atoms with Crippen molar-refractivity contribution in [1.29, 1.82) is 0 Å². The molecule has 0 radical (unpaired) electrons. The van der Waals surface area contributed by atoms with Crippen LogP contribution in [-0.4, -0.2) is 71.6 Å². The Morgan fingerprint density at radius 2 is 1.89 bits per heavy atom. The molecule has 0 unspecified atom stereocenters. The summed E-state index contributed by atoms with van der Waals surface area (Å²) in [4.78, 5) is 30.9. The maximum absolute atomic E-state index is 14.1. The molecule has 0 bridgehead atoms. The summed E-state index contributed by atoms with van der Waals surface area (Å²) in [6, 6.07) is 10.4. The summed E-state index contributed by atoms with van der Waals surface area (Å²) in [5, 5.41) is 3.91. The number of carbonyl (C=O) groups is 1. The molecule has 14 heteroatoms. The van der Waals surface area contributed by atoms with Crippen LogP contribution in [0.15, 0.2) is 53.7 Å². The van der Waals surface area contributed by atoms with Gasteiger partial charge in [0.15, 0.2) is 35.2 Å². The average molecular weight is 643 g/mol. The Kier molecular flexibility index (Phi) is 7.75. The lowest BCUT2D eigenvalue weighted by Crippen LogP contribution is -2.30. The molecule has 1 saturated heterocycles. The number of amides is 1. The van der Waals surface area contributed by atoms with Gasteiger partial charge in [-0.1, -0.05) is 23.4 Å². The lowest BCUT2D eigenvalue weighted by atomic mass is 10.2. The number of hydrogen-bond acceptors (Lipinski definition) is 9. The van der Waals surface area contributed by atoms with Gasteiger partial charge in [-0.25, -0.2) is 23.1 Å². The lowest BCUT2D eigenvalue weighted by Gasteiger charge is -2.30. The molecule has 3 aliphatic rings. The molecule has 3 aromatic heterocycles. The Morgan fingerprint density at radius 1 is 1.05 bits per heavy atom. The second-order valence-corrected chi connectivity index (χ2v) is 12.2. The van der Waals surface area contributed by atoms with E-state index in [2.05, 4.69) is 15.3 Å². The van der Waals surface area contributed by atoms with E-state index in [0.717, 1.165) is 17.1 Å². The van der Waals surface area contributed by atoms with Crippen LogP contribution in [0.4, 0.5) is 30.5 Å². The zero-order chi connectivity index (χ0) is 30.4. The molecule has 3 aliphatic heterocycles. The topological polar surface area (TPSA) is 92.7 Å². The Bertz CT molecular complexity index is 1740. The minimum atomic E-state index is -1.52. The molecule has 44 heavy (non-hydrogen) atoms. The zero-order valence-corrected chi connectivity index (χ0v) is 24.8. The summed E-state index contributed by atoms with van der Waals surface area (Å²) in [6.07, 6.45) is 0.468. The maximum Gasteiger partial charge on any atom is 0.251 e. The molecule has 1 amide bonds. The van der Waals surface area contributed by atoms with Crippen LogP contribution in [-0.2, 0) is 6.54 Å². The van der Waals surface area contributed by atoms with Crippen molar-refractivity contribution in [3.8, 4) is 11.5 Å². The molecule has 0 spiro atoms. The predicted molar refractivity (Wildman–Crippen MR) is 162 cm³/mol. The van der Waals surface area contributed by atoms with Gasteiger partial charge in [-0.2, -0.15) is 0 Å². The number of nitrogens with one attached hydrogen (secondary N) is 1. The molecule has 7 rings (SSSR count). The first kappa shape index (κ1) is 28.8. The van der Waals surface area contributed by atoms with Crippen molar-refractivity contribution < 1.29 is 27.4 Å². The third-order valence-electron chi connectivity index (χ3n) is 7.63. The highest BCUT2D eigenvalue weighted by Gasteiger charge is 2.34. The van der Waals surface area contributed by atoms with Crippen molar-refractivity contribution in [1.82, 2.24) is 20.3 Å². The van der Waals surface area contributed by atoms with Gasteiger partial charge in [-0.05, 0) is 30.3 Å². The number of aromatic nitrogens is 3. The quantitative estimate of drug-likeness (QED) is 0.290. The van der Waals surface area contributed by atoms with Gasteiger partial charge in [0, 0.05) is 29.6 Å². The number of ether oxygens (including phenoxy) is 2. The number of anilines is 3. The van der Waals surface area contributed by atoms with Crippen molar-refractivity contribution >= 4 is 57.5 Å². The van der Waals surface area contributed by atoms with Crippen LogP contribution < -0.4 is 24.6 Å². The van der Waals surface area contributed by atoms with E-state index in [4.69, 9.17) is 26.1 Å². The van der Waals surface area contributed by atoms with Crippen molar-refractivity contribution in [2.75, 3.05) is 42.6 Å². The number of halogens is 4. The van der Waals surface area contributed by atoms with Gasteiger partial charge >= 0.3 is 0 Å². The summed E-state index contributed by atoms with van der Waals surface area (Å²) in [5.74, 6) is 1.72. The van der Waals surface area contributed by atoms with Crippen molar-refractivity contribution in [2.24, 2.45) is 0 Å². The summed E-state index contributed by atoms with van der Waals surface area (Å²) in [7, 11) is 0. The van der Waals surface area contributed by atoms with Gasteiger partial charge in [-0.15, -0.1) is 0 Å². The molecule has 0 saturated carbocycles. The van der Waals surface area contributed by atoms with Crippen LogP contribution >= 0.6 is 23.4 Å². The number of benzene rings is 1. The lowest BCUT2D eigenvalue weighted by molar-refractivity contribution is 0.0950. The summed E-state index contributed by atoms with van der Waals surface area (Å²) >= 11 is 7.33. The molecule has 1 N–H and O–H groups in total. The van der Waals surface area contributed by atoms with Crippen LogP contribution in [0.2, 0.25) is 5.02 Å². The number of alkyl halides is 3. The number of thioether (sulfide) groups is 1. The largest absolute Gasteiger partial charge is 0.491 e. The van der Waals surface area contributed by atoms with Gasteiger partial charge in [0.25, 0.3) is 5.91 Å². The second kappa shape index (κ2) is 11.8. The van der Waals surface area contributed by atoms with Crippen LogP contribution in [0.1, 0.15) is 22.5 Å². The summed E-state index contributed by atoms with van der Waals surface area (Å²) in [6.45, 7) is 1.18. The fourth-order valence-corrected chi connectivity index (χ4v) is 6.65. The second-order valence-electron chi connectivity index (χ2n) is 10.6. The zero-order valence-electron chi connectivity index (χ0n) is 23.2. The van der Waals surface area contributed by atoms with Crippen LogP contribution in [0.3, 0.4) is 0 Å². The van der Waals surface area contributed by atoms with E-state index in [0.29, 0.717) is 63.6 Å². The van der Waals surface area contributed by atoms with E-state index in [-0.39, 0.29) is 43.6 Å². The van der Waals surface area contributed by atoms with Gasteiger partial charge < -0.3 is 24.6 Å². The van der Waals surface area contributed by atoms with Gasteiger partial charge in [-0.3, -0.25) is 9.78 Å². The molecule has 9 nitrogen and oxygen atoms in total. The molecule has 1 aromatic carbocycles. The fraction of sp³-hybridized carbons (Fsp3) is 0.333. The first-order chi connectivity index (χ1) is 21.3. The van der Waals surface area contributed by atoms with Crippen LogP contribution in [0.5, 0.6) is 11.5 Å². The monoisotopic (exact) mass is 642 g/mol. The Morgan fingerprint density at radius 3 is 2.73 bits per heavy atom. The summed E-state index contributed by atoms with van der Waals surface area (Å²) in [5.41, 5.74) is 1.01. The van der Waals surface area contributed by atoms with E-state index < -0.39 is 17.8 Å². The summed E-state index contributed by atoms with van der Waals surface area (Å²) < 4.78 is 53.0. The molecular weight excluding hydrogens is 617 g/mol. The maximum atomic E-state index is 14.1. The Hall–Kier alpha value is -3.97. The highest BCUT2D eigenvalue weighted by Crippen LogP contribution is 2.42. The highest BCUT2D eigenvalue weighted by molar-refractivity contribution is 7.99. The first-order valence-electron chi connectivity index (χ1n) is 14.1. The highest BCUT2D eigenvalue weighted by atomic mass is 35.5. The number of carbonyl (C=O) groups excluding carboxylic acids is 1. The van der Waals surface area contributed by atoms with Gasteiger partial charge in [0.2, 0.25) is 0 Å². The fourth-order valence-electron chi connectivity index (χ4n) is 5.36. The molecule has 228 valence electrons. The predicted octanol–water partition coefficient (Wildman–Crippen LogP) is 5.81. The van der Waals surface area contributed by atoms with Crippen molar-refractivity contribution in [3.63, 3.8) is 0 Å². The minimum Gasteiger partial charge on any atom is -0.491 e. The first-order valence-corrected chi connectivity index (χ1v) is 15.3. The molecule has 1 fully saturated rings. The number of fused-ring (bicyclic) bond motifs is 3. The van der Waals surface area contributed by atoms with Gasteiger partial charge in [0.05, 0.1) is 65.8 Å². The third-order valence-corrected chi connectivity index (χ3v) is 8.96. The van der Waals surface area contributed by atoms with Crippen molar-refractivity contribution in [2.45, 2.75) is 35.7 Å². The van der Waals surface area contributed by atoms with Crippen LogP contribution in [0.25, 0.3) is 10.9 Å². The van der Waals surface area contributed by atoms with E-state index in [9.17, 15) is 18.0 Å². The van der Waals surface area contributed by atoms with E-state index in [1.165, 1.54) is 6.07 Å².